The number of hydrogen-bond acceptors (Lipinski definition) is 5. The summed E-state index contributed by atoms with van der Waals surface area (Å²) in [7, 11) is -1.76. The molecule has 0 saturated heterocycles. The number of aromatic nitrogens is 1. The Balaban J connectivity index is 1.63. The zero-order valence-electron chi connectivity index (χ0n) is 14.1. The number of phenolic OH excluding ortho intramolecular Hbond substituents is 1. The highest BCUT2D eigenvalue weighted by Gasteiger charge is 2.35. The fraction of sp³-hybridized carbons (Fsp3) is 0.211. The Bertz CT molecular complexity index is 1070. The molecule has 7 heteroatoms. The molecule has 134 valence electrons. The van der Waals surface area contributed by atoms with Gasteiger partial charge >= 0.3 is 0 Å². The number of aromatic hydroxyl groups is 1. The van der Waals surface area contributed by atoms with Crippen molar-refractivity contribution in [1.82, 2.24) is 4.98 Å². The van der Waals surface area contributed by atoms with Crippen LogP contribution in [-0.2, 0) is 10.0 Å². The van der Waals surface area contributed by atoms with Crippen LogP contribution in [0.2, 0.25) is 0 Å². The average molecular weight is 370 g/mol. The lowest BCUT2D eigenvalue weighted by atomic mass is 10.1. The molecule has 0 unspecified atom stereocenters. The molecule has 6 nitrogen and oxygen atoms in total. The zero-order valence-corrected chi connectivity index (χ0v) is 15.0. The lowest BCUT2D eigenvalue weighted by molar-refractivity contribution is 0.376. The predicted molar refractivity (Wildman–Crippen MR) is 101 cm³/mol. The van der Waals surface area contributed by atoms with E-state index >= 15 is 0 Å². The first-order chi connectivity index (χ1) is 12.5. The summed E-state index contributed by atoms with van der Waals surface area (Å²) in [5.74, 6) is 0.466. The van der Waals surface area contributed by atoms with Crippen LogP contribution in [0.3, 0.4) is 0 Å². The molecule has 1 aliphatic rings. The van der Waals surface area contributed by atoms with Crippen LogP contribution < -0.4 is 9.46 Å². The highest BCUT2D eigenvalue weighted by atomic mass is 32.2. The van der Waals surface area contributed by atoms with Crippen LogP contribution in [0.4, 0.5) is 5.69 Å². The van der Waals surface area contributed by atoms with Gasteiger partial charge in [0.15, 0.2) is 11.5 Å². The van der Waals surface area contributed by atoms with Crippen LogP contribution in [0, 0.1) is 0 Å². The molecule has 1 aromatic heterocycles. The molecule has 0 atom stereocenters. The molecule has 0 spiro atoms. The van der Waals surface area contributed by atoms with Crippen molar-refractivity contribution >= 4 is 26.5 Å². The number of nitrogens with one attached hydrogen (secondary N) is 1. The molecular formula is C19H18N2O4S. The van der Waals surface area contributed by atoms with Gasteiger partial charge in [-0.3, -0.25) is 9.71 Å². The van der Waals surface area contributed by atoms with Gasteiger partial charge in [0.25, 0.3) is 0 Å². The zero-order chi connectivity index (χ0) is 18.3. The maximum absolute atomic E-state index is 12.0. The van der Waals surface area contributed by atoms with Gasteiger partial charge in [0, 0.05) is 22.8 Å². The van der Waals surface area contributed by atoms with Gasteiger partial charge in [-0.25, -0.2) is 8.42 Å². The number of sulfonamides is 1. The number of pyridine rings is 1. The summed E-state index contributed by atoms with van der Waals surface area (Å²) in [4.78, 5) is 4.40. The molecule has 1 fully saturated rings. The molecule has 3 aromatic rings. The monoisotopic (exact) mass is 370 g/mol. The van der Waals surface area contributed by atoms with Crippen molar-refractivity contribution in [3.63, 3.8) is 0 Å². The van der Waals surface area contributed by atoms with Crippen LogP contribution in [0.15, 0.2) is 48.7 Å². The molecule has 1 heterocycles. The fourth-order valence-electron chi connectivity index (χ4n) is 2.84. The van der Waals surface area contributed by atoms with E-state index in [1.54, 1.807) is 24.4 Å². The van der Waals surface area contributed by atoms with Crippen molar-refractivity contribution in [2.24, 2.45) is 0 Å². The Morgan fingerprint density at radius 2 is 1.88 bits per heavy atom. The molecule has 2 N–H and O–H groups in total. The van der Waals surface area contributed by atoms with Crippen molar-refractivity contribution < 1.29 is 18.3 Å². The van der Waals surface area contributed by atoms with Crippen molar-refractivity contribution in [2.75, 3.05) is 11.8 Å². The van der Waals surface area contributed by atoms with Crippen LogP contribution in [-0.4, -0.2) is 30.9 Å². The number of hydrogen-bond donors (Lipinski definition) is 2. The summed E-state index contributed by atoms with van der Waals surface area (Å²) in [6.07, 6.45) is 3.06. The lowest BCUT2D eigenvalue weighted by Crippen LogP contribution is -2.17. The number of benzene rings is 2. The van der Waals surface area contributed by atoms with Crippen LogP contribution in [0.25, 0.3) is 22.0 Å². The Labute approximate surface area is 151 Å². The lowest BCUT2D eigenvalue weighted by Gasteiger charge is -2.09. The number of nitrogens with zero attached hydrogens (tertiary/aromatic N) is 1. The summed E-state index contributed by atoms with van der Waals surface area (Å²) in [5, 5.41) is 11.4. The first-order valence-corrected chi connectivity index (χ1v) is 9.80. The number of rotatable bonds is 5. The highest BCUT2D eigenvalue weighted by molar-refractivity contribution is 7.93. The Hall–Kier alpha value is -2.80. The fourth-order valence-corrected chi connectivity index (χ4v) is 4.23. The van der Waals surface area contributed by atoms with E-state index in [0.29, 0.717) is 16.8 Å². The van der Waals surface area contributed by atoms with E-state index in [1.165, 1.54) is 7.11 Å². The van der Waals surface area contributed by atoms with Gasteiger partial charge in [0.05, 0.1) is 18.1 Å². The van der Waals surface area contributed by atoms with E-state index in [0.717, 1.165) is 29.5 Å². The van der Waals surface area contributed by atoms with E-state index in [9.17, 15) is 13.5 Å². The third kappa shape index (κ3) is 3.06. The second kappa shape index (κ2) is 6.17. The average Bonchev–Trinajstić information content (AvgIpc) is 3.48. The van der Waals surface area contributed by atoms with E-state index in [4.69, 9.17) is 4.74 Å². The maximum atomic E-state index is 12.0. The summed E-state index contributed by atoms with van der Waals surface area (Å²) < 4.78 is 31.7. The summed E-state index contributed by atoms with van der Waals surface area (Å²) in [5.41, 5.74) is 2.14. The first-order valence-electron chi connectivity index (χ1n) is 8.26. The van der Waals surface area contributed by atoms with Crippen molar-refractivity contribution in [3.05, 3.63) is 48.7 Å². The van der Waals surface area contributed by atoms with Crippen LogP contribution in [0.1, 0.15) is 12.8 Å². The van der Waals surface area contributed by atoms with E-state index in [2.05, 4.69) is 9.71 Å². The second-order valence-corrected chi connectivity index (χ2v) is 8.29. The molecule has 0 amide bonds. The molecule has 0 aliphatic heterocycles. The van der Waals surface area contributed by atoms with Crippen molar-refractivity contribution in [2.45, 2.75) is 18.1 Å². The molecule has 26 heavy (non-hydrogen) atoms. The first kappa shape index (κ1) is 16.7. The number of phenols is 1. The van der Waals surface area contributed by atoms with Crippen molar-refractivity contribution in [1.29, 1.82) is 0 Å². The van der Waals surface area contributed by atoms with Crippen molar-refractivity contribution in [3.8, 4) is 22.8 Å². The Kier molecular flexibility index (Phi) is 3.96. The van der Waals surface area contributed by atoms with Gasteiger partial charge in [-0.15, -0.1) is 0 Å². The van der Waals surface area contributed by atoms with Crippen LogP contribution >= 0.6 is 0 Å². The third-order valence-electron chi connectivity index (χ3n) is 4.46. The summed E-state index contributed by atoms with van der Waals surface area (Å²) in [6, 6.07) is 12.5. The topological polar surface area (TPSA) is 88.5 Å². The highest BCUT2D eigenvalue weighted by Crippen LogP contribution is 2.35. The number of anilines is 1. The smallest absolute Gasteiger partial charge is 0.235 e. The Morgan fingerprint density at radius 3 is 2.54 bits per heavy atom. The van der Waals surface area contributed by atoms with E-state index in [-0.39, 0.29) is 11.0 Å². The predicted octanol–water partition coefficient (Wildman–Crippen LogP) is 3.52. The molecule has 1 saturated carbocycles. The largest absolute Gasteiger partial charge is 0.504 e. The minimum atomic E-state index is -3.26. The van der Waals surface area contributed by atoms with Crippen LogP contribution in [0.5, 0.6) is 11.5 Å². The van der Waals surface area contributed by atoms with Gasteiger partial charge in [-0.1, -0.05) is 18.2 Å². The maximum Gasteiger partial charge on any atom is 0.235 e. The normalized spacial score (nSPS) is 14.3. The third-order valence-corrected chi connectivity index (χ3v) is 6.33. The molecular weight excluding hydrogens is 352 g/mol. The second-order valence-electron chi connectivity index (χ2n) is 6.33. The Morgan fingerprint density at radius 1 is 1.15 bits per heavy atom. The minimum Gasteiger partial charge on any atom is -0.504 e. The van der Waals surface area contributed by atoms with Gasteiger partial charge in [0.1, 0.15) is 0 Å². The van der Waals surface area contributed by atoms with Gasteiger partial charge in [-0.05, 0) is 42.5 Å². The van der Waals surface area contributed by atoms with E-state index < -0.39 is 10.0 Å². The summed E-state index contributed by atoms with van der Waals surface area (Å²) >= 11 is 0. The SMILES string of the molecule is COc1ccc2cc(-c3ccc(NS(=O)(=O)C4CC4)cc3)ncc2c1O. The molecule has 0 bridgehead atoms. The van der Waals surface area contributed by atoms with Gasteiger partial charge < -0.3 is 9.84 Å². The number of methoxy groups -OCH3 is 1. The van der Waals surface area contributed by atoms with Gasteiger partial charge in [-0.2, -0.15) is 0 Å². The summed E-state index contributed by atoms with van der Waals surface area (Å²) in [6.45, 7) is 0. The molecule has 2 aromatic carbocycles. The standard InChI is InChI=1S/C19H18N2O4S/c1-25-18-9-4-13-10-17(20-11-16(13)19(18)22)12-2-5-14(6-3-12)21-26(23,24)15-7-8-15/h2-6,9-11,15,21-22H,7-8H2,1H3. The molecule has 4 rings (SSSR count). The van der Waals surface area contributed by atoms with E-state index in [1.807, 2.05) is 24.3 Å². The minimum absolute atomic E-state index is 0.0638. The molecule has 0 radical (unpaired) electrons. The number of fused-ring (bicyclic) bond motifs is 1. The number of ether oxygens (including phenoxy) is 1. The molecule has 1 aliphatic carbocycles. The quantitative estimate of drug-likeness (QED) is 0.717. The van der Waals surface area contributed by atoms with Gasteiger partial charge in [0.2, 0.25) is 10.0 Å².